The smallest absolute Gasteiger partial charge is 0.262 e. The molecule has 2 amide bonds. The van der Waals surface area contributed by atoms with Crippen molar-refractivity contribution in [1.82, 2.24) is 9.80 Å². The zero-order chi connectivity index (χ0) is 25.7. The number of nitrogens with one attached hydrogen (secondary N) is 1. The van der Waals surface area contributed by atoms with Gasteiger partial charge in [-0.05, 0) is 31.3 Å². The Bertz CT molecular complexity index is 1290. The van der Waals surface area contributed by atoms with Gasteiger partial charge < -0.3 is 30.1 Å². The Morgan fingerprint density at radius 2 is 1.83 bits per heavy atom. The Balaban J connectivity index is 1.52. The molecule has 3 N–H and O–H groups in total. The van der Waals surface area contributed by atoms with Crippen molar-refractivity contribution in [2.45, 2.75) is 19.7 Å². The summed E-state index contributed by atoms with van der Waals surface area (Å²) in [4.78, 5) is 29.4. The Morgan fingerprint density at radius 3 is 2.58 bits per heavy atom. The van der Waals surface area contributed by atoms with Crippen molar-refractivity contribution in [3.63, 3.8) is 0 Å². The summed E-state index contributed by atoms with van der Waals surface area (Å²) >= 11 is 0. The number of amides is 2. The number of ether oxygens (including phenoxy) is 1. The molecule has 186 valence electrons. The molecular formula is C28H29N3O5. The predicted octanol–water partition coefficient (Wildman–Crippen LogP) is 3.89. The van der Waals surface area contributed by atoms with Gasteiger partial charge in [0.25, 0.3) is 5.91 Å². The van der Waals surface area contributed by atoms with E-state index in [0.717, 1.165) is 22.8 Å². The molecule has 8 heteroatoms. The SMILES string of the molecule is CN(C)C/C=C/C(=O)Nc1cccc2c1CN(C(=O)c1c(O)cc(O)cc1OCc1ccccc1)C2. The van der Waals surface area contributed by atoms with Crippen molar-refractivity contribution in [2.24, 2.45) is 0 Å². The van der Waals surface area contributed by atoms with Gasteiger partial charge in [0, 0.05) is 49.1 Å². The number of phenols is 2. The van der Waals surface area contributed by atoms with E-state index in [-0.39, 0.29) is 41.9 Å². The van der Waals surface area contributed by atoms with Gasteiger partial charge in [-0.15, -0.1) is 0 Å². The van der Waals surface area contributed by atoms with Crippen LogP contribution in [0.3, 0.4) is 0 Å². The number of anilines is 1. The fourth-order valence-electron chi connectivity index (χ4n) is 4.04. The number of hydrogen-bond donors (Lipinski definition) is 3. The monoisotopic (exact) mass is 487 g/mol. The quantitative estimate of drug-likeness (QED) is 0.417. The minimum absolute atomic E-state index is 0.0197. The molecule has 0 saturated heterocycles. The number of nitrogens with zero attached hydrogens (tertiary/aromatic N) is 2. The number of phenolic OH excluding ortho intramolecular Hbond substituents is 2. The molecule has 3 aromatic carbocycles. The average Bonchev–Trinajstić information content (AvgIpc) is 3.28. The van der Waals surface area contributed by atoms with Crippen LogP contribution in [0.4, 0.5) is 5.69 Å². The highest BCUT2D eigenvalue weighted by Gasteiger charge is 2.30. The minimum atomic E-state index is -0.435. The van der Waals surface area contributed by atoms with Gasteiger partial charge in [-0.2, -0.15) is 0 Å². The standard InChI is InChI=1S/C28H29N3O5/c1-30(2)13-7-12-26(34)29-23-11-6-10-20-16-31(17-22(20)23)28(35)27-24(33)14-21(32)15-25(27)36-18-19-8-4-3-5-9-19/h3-12,14-15,32-33H,13,16-18H2,1-2H3,(H,29,34)/b12-7+. The van der Waals surface area contributed by atoms with E-state index in [9.17, 15) is 19.8 Å². The zero-order valence-corrected chi connectivity index (χ0v) is 20.3. The molecule has 8 nitrogen and oxygen atoms in total. The van der Waals surface area contributed by atoms with E-state index in [1.807, 2.05) is 61.5 Å². The van der Waals surface area contributed by atoms with Gasteiger partial charge in [0.05, 0.1) is 0 Å². The molecule has 0 radical (unpaired) electrons. The second-order valence-electron chi connectivity index (χ2n) is 8.87. The van der Waals surface area contributed by atoms with Crippen LogP contribution in [-0.2, 0) is 24.5 Å². The first-order chi connectivity index (χ1) is 17.3. The second kappa shape index (κ2) is 11.0. The Hall–Kier alpha value is -4.30. The third kappa shape index (κ3) is 5.84. The molecule has 3 aromatic rings. The first kappa shape index (κ1) is 24.8. The van der Waals surface area contributed by atoms with Gasteiger partial charge >= 0.3 is 0 Å². The molecule has 0 bridgehead atoms. The molecular weight excluding hydrogens is 458 g/mol. The number of aromatic hydroxyl groups is 2. The summed E-state index contributed by atoms with van der Waals surface area (Å²) < 4.78 is 5.84. The van der Waals surface area contributed by atoms with Crippen LogP contribution in [0.15, 0.2) is 72.8 Å². The van der Waals surface area contributed by atoms with E-state index >= 15 is 0 Å². The molecule has 0 unspecified atom stereocenters. The highest BCUT2D eigenvalue weighted by atomic mass is 16.5. The first-order valence-corrected chi connectivity index (χ1v) is 11.6. The number of carbonyl (C=O) groups is 2. The number of carbonyl (C=O) groups excluding carboxylic acids is 2. The number of rotatable bonds is 8. The molecule has 1 aliphatic heterocycles. The second-order valence-corrected chi connectivity index (χ2v) is 8.87. The van der Waals surface area contributed by atoms with Gasteiger partial charge in [-0.3, -0.25) is 9.59 Å². The predicted molar refractivity (Wildman–Crippen MR) is 137 cm³/mol. The Labute approximate surface area is 210 Å². The summed E-state index contributed by atoms with van der Waals surface area (Å²) in [6.45, 7) is 1.38. The van der Waals surface area contributed by atoms with Crippen LogP contribution >= 0.6 is 0 Å². The fraction of sp³-hybridized carbons (Fsp3) is 0.214. The van der Waals surface area contributed by atoms with Crippen molar-refractivity contribution in [3.8, 4) is 17.2 Å². The Morgan fingerprint density at radius 1 is 1.06 bits per heavy atom. The summed E-state index contributed by atoms with van der Waals surface area (Å²) in [6, 6.07) is 17.4. The van der Waals surface area contributed by atoms with Gasteiger partial charge in [-0.25, -0.2) is 0 Å². The average molecular weight is 488 g/mol. The van der Waals surface area contributed by atoms with E-state index in [2.05, 4.69) is 5.32 Å². The van der Waals surface area contributed by atoms with Crippen molar-refractivity contribution in [1.29, 1.82) is 0 Å². The van der Waals surface area contributed by atoms with Crippen LogP contribution < -0.4 is 10.1 Å². The van der Waals surface area contributed by atoms with Gasteiger partial charge in [0.1, 0.15) is 29.4 Å². The number of fused-ring (bicyclic) bond motifs is 1. The van der Waals surface area contributed by atoms with Crippen molar-refractivity contribution < 1.29 is 24.5 Å². The number of benzene rings is 3. The normalized spacial score (nSPS) is 12.7. The summed E-state index contributed by atoms with van der Waals surface area (Å²) in [7, 11) is 3.84. The minimum Gasteiger partial charge on any atom is -0.508 e. The fourth-order valence-corrected chi connectivity index (χ4v) is 4.04. The molecule has 36 heavy (non-hydrogen) atoms. The van der Waals surface area contributed by atoms with Crippen molar-refractivity contribution in [3.05, 3.63) is 95.1 Å². The molecule has 1 aliphatic rings. The van der Waals surface area contributed by atoms with Crippen LogP contribution in [0, 0.1) is 0 Å². The van der Waals surface area contributed by atoms with Crippen molar-refractivity contribution >= 4 is 17.5 Å². The highest BCUT2D eigenvalue weighted by Crippen LogP contribution is 2.37. The highest BCUT2D eigenvalue weighted by molar-refractivity contribution is 6.01. The van der Waals surface area contributed by atoms with Crippen LogP contribution in [0.1, 0.15) is 27.0 Å². The maximum absolute atomic E-state index is 13.5. The number of hydrogen-bond acceptors (Lipinski definition) is 6. The summed E-state index contributed by atoms with van der Waals surface area (Å²) in [5, 5.41) is 23.5. The van der Waals surface area contributed by atoms with Crippen LogP contribution in [-0.4, -0.2) is 52.5 Å². The molecule has 0 atom stereocenters. The lowest BCUT2D eigenvalue weighted by Crippen LogP contribution is -2.26. The van der Waals surface area contributed by atoms with Gasteiger partial charge in [0.2, 0.25) is 5.91 Å². The van der Waals surface area contributed by atoms with Gasteiger partial charge in [0.15, 0.2) is 0 Å². The largest absolute Gasteiger partial charge is 0.508 e. The first-order valence-electron chi connectivity index (χ1n) is 11.6. The summed E-state index contributed by atoms with van der Waals surface area (Å²) in [6.07, 6.45) is 3.26. The van der Waals surface area contributed by atoms with E-state index in [1.54, 1.807) is 17.0 Å². The topological polar surface area (TPSA) is 102 Å². The van der Waals surface area contributed by atoms with E-state index in [0.29, 0.717) is 18.8 Å². The molecule has 0 saturated carbocycles. The lowest BCUT2D eigenvalue weighted by molar-refractivity contribution is -0.111. The maximum Gasteiger partial charge on any atom is 0.262 e. The molecule has 0 fully saturated rings. The van der Waals surface area contributed by atoms with Crippen LogP contribution in [0.5, 0.6) is 17.2 Å². The lowest BCUT2D eigenvalue weighted by atomic mass is 10.1. The van der Waals surface area contributed by atoms with E-state index in [1.165, 1.54) is 12.1 Å². The van der Waals surface area contributed by atoms with E-state index in [4.69, 9.17) is 4.74 Å². The lowest BCUT2D eigenvalue weighted by Gasteiger charge is -2.19. The summed E-state index contributed by atoms with van der Waals surface area (Å²) in [5.74, 6) is -1.16. The van der Waals surface area contributed by atoms with Crippen LogP contribution in [0.2, 0.25) is 0 Å². The molecule has 1 heterocycles. The summed E-state index contributed by atoms with van der Waals surface area (Å²) in [5.41, 5.74) is 3.24. The zero-order valence-electron chi connectivity index (χ0n) is 20.3. The third-order valence-corrected chi connectivity index (χ3v) is 5.79. The molecule has 0 spiro atoms. The maximum atomic E-state index is 13.5. The Kier molecular flexibility index (Phi) is 7.56. The van der Waals surface area contributed by atoms with Crippen LogP contribution in [0.25, 0.3) is 0 Å². The van der Waals surface area contributed by atoms with Gasteiger partial charge in [-0.1, -0.05) is 48.5 Å². The molecule has 0 aliphatic carbocycles. The number of likely N-dealkylation sites (N-methyl/N-ethyl adjacent to an activating group) is 1. The molecule has 0 aromatic heterocycles. The molecule has 4 rings (SSSR count). The van der Waals surface area contributed by atoms with E-state index < -0.39 is 5.91 Å². The van der Waals surface area contributed by atoms with Crippen molar-refractivity contribution in [2.75, 3.05) is 26.0 Å². The third-order valence-electron chi connectivity index (χ3n) is 5.79.